The van der Waals surface area contributed by atoms with Crippen LogP contribution < -0.4 is 4.74 Å². The second-order valence-corrected chi connectivity index (χ2v) is 5.96. The van der Waals surface area contributed by atoms with Gasteiger partial charge in [0.2, 0.25) is 4.77 Å². The van der Waals surface area contributed by atoms with Crippen LogP contribution in [0.4, 0.5) is 0 Å². The molecule has 0 atom stereocenters. The van der Waals surface area contributed by atoms with Gasteiger partial charge in [-0.25, -0.2) is 5.10 Å². The number of aromatic nitrogens is 3. The fraction of sp³-hybridized carbons (Fsp3) is 0.0625. The standard InChI is InChI=1S/C16H12Cl2N4OS/c1-23-12-6-2-4-10(8-12)15-20-21-16(24)22(15)19-9-11-5-3-7-13(17)14(11)18/h2-9H,1H3,(H,21,24). The number of nitrogens with one attached hydrogen (secondary N) is 1. The molecule has 0 saturated carbocycles. The summed E-state index contributed by atoms with van der Waals surface area (Å²) >= 11 is 17.4. The second kappa shape index (κ2) is 7.17. The highest BCUT2D eigenvalue weighted by atomic mass is 35.5. The van der Waals surface area contributed by atoms with Gasteiger partial charge in [-0.05, 0) is 30.4 Å². The molecule has 3 rings (SSSR count). The van der Waals surface area contributed by atoms with Gasteiger partial charge < -0.3 is 4.74 Å². The molecule has 0 amide bonds. The van der Waals surface area contributed by atoms with Gasteiger partial charge in [0, 0.05) is 11.1 Å². The molecule has 0 bridgehead atoms. The second-order valence-electron chi connectivity index (χ2n) is 4.78. The van der Waals surface area contributed by atoms with Crippen molar-refractivity contribution in [1.29, 1.82) is 0 Å². The Balaban J connectivity index is 2.03. The van der Waals surface area contributed by atoms with Crippen LogP contribution in [-0.4, -0.2) is 28.2 Å². The third kappa shape index (κ3) is 3.36. The van der Waals surface area contributed by atoms with Crippen molar-refractivity contribution >= 4 is 41.6 Å². The maximum atomic E-state index is 6.17. The Morgan fingerprint density at radius 3 is 2.83 bits per heavy atom. The fourth-order valence-corrected chi connectivity index (χ4v) is 2.62. The predicted octanol–water partition coefficient (Wildman–Crippen LogP) is 4.81. The number of hydrogen-bond acceptors (Lipinski definition) is 4. The van der Waals surface area contributed by atoms with Crippen molar-refractivity contribution in [1.82, 2.24) is 14.9 Å². The van der Waals surface area contributed by atoms with Crippen molar-refractivity contribution in [2.75, 3.05) is 7.11 Å². The molecule has 0 aliphatic rings. The van der Waals surface area contributed by atoms with Gasteiger partial charge in [-0.15, -0.1) is 0 Å². The minimum atomic E-state index is 0.363. The summed E-state index contributed by atoms with van der Waals surface area (Å²) in [5, 5.41) is 12.2. The number of hydrogen-bond donors (Lipinski definition) is 1. The average Bonchev–Trinajstić information content (AvgIpc) is 2.97. The molecule has 1 N–H and O–H groups in total. The van der Waals surface area contributed by atoms with E-state index in [9.17, 15) is 0 Å². The average molecular weight is 379 g/mol. The van der Waals surface area contributed by atoms with E-state index in [0.717, 1.165) is 11.3 Å². The van der Waals surface area contributed by atoms with Crippen LogP contribution in [0.15, 0.2) is 47.6 Å². The predicted molar refractivity (Wildman–Crippen MR) is 98.9 cm³/mol. The molecule has 24 heavy (non-hydrogen) atoms. The van der Waals surface area contributed by atoms with E-state index < -0.39 is 0 Å². The number of rotatable bonds is 4. The zero-order valence-corrected chi connectivity index (χ0v) is 14.9. The van der Waals surface area contributed by atoms with Crippen molar-refractivity contribution in [3.63, 3.8) is 0 Å². The SMILES string of the molecule is COc1cccc(-c2n[nH]c(=S)n2N=Cc2cccc(Cl)c2Cl)c1. The number of nitrogens with zero attached hydrogens (tertiary/aromatic N) is 3. The number of halogens is 2. The maximum Gasteiger partial charge on any atom is 0.216 e. The Labute approximate surface area is 153 Å². The highest BCUT2D eigenvalue weighted by Crippen LogP contribution is 2.25. The Bertz CT molecular complexity index is 965. The molecule has 0 radical (unpaired) electrons. The lowest BCUT2D eigenvalue weighted by atomic mass is 10.2. The first-order valence-electron chi connectivity index (χ1n) is 6.90. The van der Waals surface area contributed by atoms with Crippen LogP contribution in [0.25, 0.3) is 11.4 Å². The third-order valence-corrected chi connectivity index (χ3v) is 4.37. The lowest BCUT2D eigenvalue weighted by molar-refractivity contribution is 0.415. The molecule has 0 saturated heterocycles. The number of H-pyrrole nitrogens is 1. The van der Waals surface area contributed by atoms with Gasteiger partial charge in [-0.1, -0.05) is 47.5 Å². The van der Waals surface area contributed by atoms with E-state index in [1.165, 1.54) is 4.68 Å². The minimum absolute atomic E-state index is 0.363. The highest BCUT2D eigenvalue weighted by molar-refractivity contribution is 7.71. The zero-order chi connectivity index (χ0) is 17.1. The van der Waals surface area contributed by atoms with Crippen LogP contribution in [0, 0.1) is 4.77 Å². The first kappa shape index (κ1) is 16.7. The molecule has 0 aliphatic carbocycles. The summed E-state index contributed by atoms with van der Waals surface area (Å²) in [6.07, 6.45) is 1.59. The van der Waals surface area contributed by atoms with Crippen LogP contribution in [0.2, 0.25) is 10.0 Å². The third-order valence-electron chi connectivity index (χ3n) is 3.27. The number of benzene rings is 2. The van der Waals surface area contributed by atoms with Gasteiger partial charge in [-0.3, -0.25) is 0 Å². The van der Waals surface area contributed by atoms with Crippen molar-refractivity contribution in [3.05, 3.63) is 62.8 Å². The lowest BCUT2D eigenvalue weighted by Crippen LogP contribution is -1.96. The van der Waals surface area contributed by atoms with E-state index in [1.54, 1.807) is 25.5 Å². The topological polar surface area (TPSA) is 55.2 Å². The number of aromatic amines is 1. The van der Waals surface area contributed by atoms with Gasteiger partial charge in [0.05, 0.1) is 23.4 Å². The molecular formula is C16H12Cl2N4OS. The summed E-state index contributed by atoms with van der Waals surface area (Å²) in [5.74, 6) is 1.28. The van der Waals surface area contributed by atoms with E-state index in [1.807, 2.05) is 30.3 Å². The summed E-state index contributed by atoms with van der Waals surface area (Å²) < 4.78 is 7.12. The molecule has 3 aromatic rings. The van der Waals surface area contributed by atoms with Gasteiger partial charge in [0.1, 0.15) is 5.75 Å². The van der Waals surface area contributed by atoms with E-state index in [0.29, 0.717) is 26.2 Å². The van der Waals surface area contributed by atoms with E-state index in [-0.39, 0.29) is 0 Å². The molecular weight excluding hydrogens is 367 g/mol. The van der Waals surface area contributed by atoms with Crippen molar-refractivity contribution in [3.8, 4) is 17.1 Å². The molecule has 0 spiro atoms. The van der Waals surface area contributed by atoms with Crippen LogP contribution in [-0.2, 0) is 0 Å². The first-order chi connectivity index (χ1) is 11.6. The monoisotopic (exact) mass is 378 g/mol. The summed E-state index contributed by atoms with van der Waals surface area (Å²) in [6.45, 7) is 0. The summed E-state index contributed by atoms with van der Waals surface area (Å²) in [4.78, 5) is 0. The largest absolute Gasteiger partial charge is 0.497 e. The van der Waals surface area contributed by atoms with Gasteiger partial charge >= 0.3 is 0 Å². The Morgan fingerprint density at radius 1 is 1.25 bits per heavy atom. The zero-order valence-electron chi connectivity index (χ0n) is 12.5. The molecule has 0 aliphatic heterocycles. The van der Waals surface area contributed by atoms with E-state index >= 15 is 0 Å². The van der Waals surface area contributed by atoms with Crippen LogP contribution in [0.5, 0.6) is 5.75 Å². The summed E-state index contributed by atoms with van der Waals surface area (Å²) in [6, 6.07) is 12.8. The lowest BCUT2D eigenvalue weighted by Gasteiger charge is -2.04. The van der Waals surface area contributed by atoms with Crippen molar-refractivity contribution in [2.24, 2.45) is 5.10 Å². The van der Waals surface area contributed by atoms with E-state index in [4.69, 9.17) is 40.2 Å². The van der Waals surface area contributed by atoms with Crippen molar-refractivity contribution in [2.45, 2.75) is 0 Å². The summed E-state index contributed by atoms with van der Waals surface area (Å²) in [5.41, 5.74) is 1.50. The van der Waals surface area contributed by atoms with Crippen LogP contribution in [0.3, 0.4) is 0 Å². The maximum absolute atomic E-state index is 6.17. The Kier molecular flexibility index (Phi) is 4.99. The van der Waals surface area contributed by atoms with Gasteiger partial charge in [-0.2, -0.15) is 14.9 Å². The van der Waals surface area contributed by atoms with Gasteiger partial charge in [0.25, 0.3) is 0 Å². The Morgan fingerprint density at radius 2 is 2.04 bits per heavy atom. The number of ether oxygens (including phenoxy) is 1. The molecule has 0 unspecified atom stereocenters. The summed E-state index contributed by atoms with van der Waals surface area (Å²) in [7, 11) is 1.61. The smallest absolute Gasteiger partial charge is 0.216 e. The molecule has 1 heterocycles. The fourth-order valence-electron chi connectivity index (χ4n) is 2.09. The first-order valence-corrected chi connectivity index (χ1v) is 8.07. The Hall–Kier alpha value is -2.15. The molecule has 8 heteroatoms. The van der Waals surface area contributed by atoms with E-state index in [2.05, 4.69) is 15.3 Å². The minimum Gasteiger partial charge on any atom is -0.497 e. The van der Waals surface area contributed by atoms with Crippen LogP contribution >= 0.6 is 35.4 Å². The normalized spacial score (nSPS) is 11.1. The van der Waals surface area contributed by atoms with Gasteiger partial charge in [0.15, 0.2) is 5.82 Å². The van der Waals surface area contributed by atoms with Crippen LogP contribution in [0.1, 0.15) is 5.56 Å². The molecule has 0 fully saturated rings. The molecule has 122 valence electrons. The molecule has 1 aromatic heterocycles. The molecule has 2 aromatic carbocycles. The quantitative estimate of drug-likeness (QED) is 0.523. The molecule has 5 nitrogen and oxygen atoms in total. The van der Waals surface area contributed by atoms with Crippen molar-refractivity contribution < 1.29 is 4.74 Å². The number of methoxy groups -OCH3 is 1. The highest BCUT2D eigenvalue weighted by Gasteiger charge is 2.09.